The van der Waals surface area contributed by atoms with Crippen molar-refractivity contribution < 1.29 is 4.79 Å². The Morgan fingerprint density at radius 1 is 0.882 bits per heavy atom. The number of hydrogen-bond donors (Lipinski definition) is 1. The van der Waals surface area contributed by atoms with Crippen LogP contribution < -0.4 is 5.73 Å². The third kappa shape index (κ3) is 2.55. The van der Waals surface area contributed by atoms with Gasteiger partial charge in [0.2, 0.25) is 6.29 Å². The van der Waals surface area contributed by atoms with Crippen LogP contribution in [0.5, 0.6) is 0 Å². The van der Waals surface area contributed by atoms with Crippen LogP contribution in [0.2, 0.25) is 0 Å². The molecule has 0 saturated carbocycles. The van der Waals surface area contributed by atoms with E-state index in [1.807, 2.05) is 18.4 Å². The minimum Gasteiger partial charge on any atom is -0.397 e. The van der Waals surface area contributed by atoms with E-state index in [1.165, 1.54) is 0 Å². The molecule has 17 heavy (non-hydrogen) atoms. The van der Waals surface area contributed by atoms with Gasteiger partial charge in [-0.15, -0.1) is 10.2 Å². The number of anilines is 1. The molecule has 0 heterocycles. The molecule has 0 bridgehead atoms. The van der Waals surface area contributed by atoms with Gasteiger partial charge < -0.3 is 5.73 Å². The van der Waals surface area contributed by atoms with Crippen LogP contribution in [0.3, 0.4) is 0 Å². The summed E-state index contributed by atoms with van der Waals surface area (Å²) >= 11 is 0. The molecule has 0 aromatic heterocycles. The lowest BCUT2D eigenvalue weighted by Gasteiger charge is -1.98. The third-order valence-electron chi connectivity index (χ3n) is 2.22. The summed E-state index contributed by atoms with van der Waals surface area (Å²) in [5.41, 5.74) is 7.70. The smallest absolute Gasteiger partial charge is 0.235 e. The predicted octanol–water partition coefficient (Wildman–Crippen LogP) is 3.14. The maximum atomic E-state index is 10.7. The van der Waals surface area contributed by atoms with Gasteiger partial charge in [0.05, 0.1) is 16.9 Å². The van der Waals surface area contributed by atoms with Crippen LogP contribution in [-0.2, 0) is 4.79 Å². The lowest BCUT2D eigenvalue weighted by molar-refractivity contribution is 0.563. The Hall–Kier alpha value is -2.49. The van der Waals surface area contributed by atoms with E-state index < -0.39 is 0 Å². The second kappa shape index (κ2) is 5.03. The second-order valence-electron chi connectivity index (χ2n) is 3.38. The number of carbonyl (C=O) groups excluding carboxylic acids is 1. The van der Waals surface area contributed by atoms with Gasteiger partial charge in [0, 0.05) is 0 Å². The number of nitrogen functional groups attached to an aromatic ring is 1. The van der Waals surface area contributed by atoms with E-state index in [-0.39, 0.29) is 0 Å². The minimum atomic E-state index is 0.380. The highest BCUT2D eigenvalue weighted by molar-refractivity contribution is 5.83. The normalized spacial score (nSPS) is 10.6. The molecule has 0 amide bonds. The highest BCUT2D eigenvalue weighted by Gasteiger charge is 2.00. The number of para-hydroxylation sites is 1. The largest absolute Gasteiger partial charge is 0.397 e. The van der Waals surface area contributed by atoms with Gasteiger partial charge in [0.15, 0.2) is 0 Å². The first-order valence-electron chi connectivity index (χ1n) is 5.04. The molecule has 0 spiro atoms. The van der Waals surface area contributed by atoms with Gasteiger partial charge in [-0.1, -0.05) is 24.3 Å². The van der Waals surface area contributed by atoms with Crippen molar-refractivity contribution >= 4 is 23.3 Å². The second-order valence-corrected chi connectivity index (χ2v) is 3.38. The number of hydrogen-bond acceptors (Lipinski definition) is 4. The van der Waals surface area contributed by atoms with E-state index in [9.17, 15) is 4.79 Å². The van der Waals surface area contributed by atoms with Gasteiger partial charge in [-0.05, 0) is 24.3 Å². The van der Waals surface area contributed by atoms with Crippen molar-refractivity contribution in [1.82, 2.24) is 0 Å². The zero-order valence-corrected chi connectivity index (χ0v) is 9.00. The molecule has 2 rings (SSSR count). The molecule has 0 fully saturated rings. The summed E-state index contributed by atoms with van der Waals surface area (Å²) in [6.45, 7) is 0. The summed E-state index contributed by atoms with van der Waals surface area (Å²) < 4.78 is 0. The molecule has 0 aliphatic heterocycles. The van der Waals surface area contributed by atoms with Gasteiger partial charge in [-0.2, -0.15) is 0 Å². The van der Waals surface area contributed by atoms with Crippen molar-refractivity contribution in [3.63, 3.8) is 0 Å². The maximum Gasteiger partial charge on any atom is 0.235 e. The summed E-state index contributed by atoms with van der Waals surface area (Å²) in [7, 11) is 0. The van der Waals surface area contributed by atoms with Gasteiger partial charge in [-0.3, -0.25) is 4.79 Å². The SMILES string of the molecule is Nc1ccccc1/N=N/c1ccccc1[C]=O. The van der Waals surface area contributed by atoms with Crippen LogP contribution in [0.1, 0.15) is 5.56 Å². The van der Waals surface area contributed by atoms with Crippen molar-refractivity contribution in [3.05, 3.63) is 54.1 Å². The standard InChI is InChI=1S/C13H10N3O/c14-11-6-2-4-8-13(11)16-15-12-7-3-1-5-10(12)9-17/h1-8H,14H2/b16-15+. The Bertz CT molecular complexity index is 564. The highest BCUT2D eigenvalue weighted by Crippen LogP contribution is 2.24. The number of nitrogens with zero attached hydrogens (tertiary/aromatic N) is 2. The van der Waals surface area contributed by atoms with Crippen LogP contribution in [0.4, 0.5) is 17.1 Å². The van der Waals surface area contributed by atoms with Gasteiger partial charge in [0.25, 0.3) is 0 Å². The van der Waals surface area contributed by atoms with Crippen molar-refractivity contribution in [2.45, 2.75) is 0 Å². The van der Waals surface area contributed by atoms with Gasteiger partial charge >= 0.3 is 0 Å². The van der Waals surface area contributed by atoms with Crippen LogP contribution >= 0.6 is 0 Å². The molecule has 0 aliphatic carbocycles. The summed E-state index contributed by atoms with van der Waals surface area (Å²) in [5, 5.41) is 8.00. The Kier molecular flexibility index (Phi) is 3.25. The molecule has 1 radical (unpaired) electrons. The van der Waals surface area contributed by atoms with E-state index in [1.54, 1.807) is 36.4 Å². The molecule has 83 valence electrons. The van der Waals surface area contributed by atoms with Crippen LogP contribution in [-0.4, -0.2) is 6.29 Å². The molecule has 2 aromatic carbocycles. The molecule has 0 atom stereocenters. The van der Waals surface area contributed by atoms with Crippen LogP contribution in [0.15, 0.2) is 58.8 Å². The Labute approximate surface area is 98.8 Å². The van der Waals surface area contributed by atoms with E-state index in [0.717, 1.165) is 0 Å². The fourth-order valence-corrected chi connectivity index (χ4v) is 1.33. The molecule has 4 nitrogen and oxygen atoms in total. The Morgan fingerprint density at radius 2 is 1.47 bits per heavy atom. The topological polar surface area (TPSA) is 67.8 Å². The molecule has 0 unspecified atom stereocenters. The number of benzene rings is 2. The van der Waals surface area contributed by atoms with E-state index >= 15 is 0 Å². The molecular formula is C13H10N3O. The van der Waals surface area contributed by atoms with Gasteiger partial charge in [0.1, 0.15) is 5.69 Å². The molecule has 2 aromatic rings. The summed E-state index contributed by atoms with van der Waals surface area (Å²) in [6, 6.07) is 14.0. The molecule has 0 aliphatic rings. The predicted molar refractivity (Wildman–Crippen MR) is 66.3 cm³/mol. The monoisotopic (exact) mass is 224 g/mol. The molecule has 4 heteroatoms. The maximum absolute atomic E-state index is 10.7. The summed E-state index contributed by atoms with van der Waals surface area (Å²) in [6.07, 6.45) is 1.81. The van der Waals surface area contributed by atoms with Crippen molar-refractivity contribution in [1.29, 1.82) is 0 Å². The first-order valence-corrected chi connectivity index (χ1v) is 5.04. The lowest BCUT2D eigenvalue weighted by atomic mass is 10.2. The quantitative estimate of drug-likeness (QED) is 0.642. The lowest BCUT2D eigenvalue weighted by Crippen LogP contribution is -1.83. The Balaban J connectivity index is 2.32. The Morgan fingerprint density at radius 3 is 2.18 bits per heavy atom. The molecular weight excluding hydrogens is 214 g/mol. The summed E-state index contributed by atoms with van der Waals surface area (Å²) in [4.78, 5) is 10.7. The van der Waals surface area contributed by atoms with E-state index in [2.05, 4.69) is 10.2 Å². The zero-order chi connectivity index (χ0) is 12.1. The minimum absolute atomic E-state index is 0.380. The van der Waals surface area contributed by atoms with Crippen molar-refractivity contribution in [3.8, 4) is 0 Å². The highest BCUT2D eigenvalue weighted by atomic mass is 16.1. The third-order valence-corrected chi connectivity index (χ3v) is 2.22. The average Bonchev–Trinajstić information content (AvgIpc) is 2.38. The van der Waals surface area contributed by atoms with E-state index in [4.69, 9.17) is 5.73 Å². The first kappa shape index (κ1) is 11.0. The zero-order valence-electron chi connectivity index (χ0n) is 9.00. The van der Waals surface area contributed by atoms with Crippen molar-refractivity contribution in [2.75, 3.05) is 5.73 Å². The van der Waals surface area contributed by atoms with Crippen molar-refractivity contribution in [2.24, 2.45) is 10.2 Å². The average molecular weight is 224 g/mol. The molecule has 2 N–H and O–H groups in total. The number of azo groups is 1. The fraction of sp³-hybridized carbons (Fsp3) is 0. The fourth-order valence-electron chi connectivity index (χ4n) is 1.33. The van der Waals surface area contributed by atoms with Gasteiger partial charge in [-0.25, -0.2) is 0 Å². The summed E-state index contributed by atoms with van der Waals surface area (Å²) in [5.74, 6) is 0. The first-order chi connectivity index (χ1) is 8.31. The number of nitrogens with two attached hydrogens (primary N) is 1. The van der Waals surface area contributed by atoms with Crippen LogP contribution in [0, 0.1) is 0 Å². The number of rotatable bonds is 3. The molecule has 0 saturated heterocycles. The van der Waals surface area contributed by atoms with Crippen LogP contribution in [0.25, 0.3) is 0 Å². The van der Waals surface area contributed by atoms with E-state index in [0.29, 0.717) is 22.6 Å².